The van der Waals surface area contributed by atoms with Crippen LogP contribution in [0, 0.1) is 17.8 Å². The summed E-state index contributed by atoms with van der Waals surface area (Å²) in [5.41, 5.74) is 0. The Balaban J connectivity index is 5.18. The summed E-state index contributed by atoms with van der Waals surface area (Å²) in [6.45, 7) is 11.9. The molecule has 558 valence electrons. The third-order valence-corrected chi connectivity index (χ3v) is 19.6. The molecule has 17 nitrogen and oxygen atoms in total. The minimum Gasteiger partial charge on any atom is -0.462 e. The van der Waals surface area contributed by atoms with Crippen LogP contribution in [-0.2, 0) is 65.4 Å². The molecule has 0 spiro atoms. The Morgan fingerprint density at radius 2 is 0.543 bits per heavy atom. The number of rotatable bonds is 73. The lowest BCUT2D eigenvalue weighted by Gasteiger charge is -2.21. The average Bonchev–Trinajstić information content (AvgIpc) is 1.56. The van der Waals surface area contributed by atoms with E-state index in [0.717, 1.165) is 114 Å². The Bertz CT molecular complexity index is 1840. The van der Waals surface area contributed by atoms with Gasteiger partial charge in [0.1, 0.15) is 19.3 Å². The summed E-state index contributed by atoms with van der Waals surface area (Å²) in [5, 5.41) is 10.6. The third kappa shape index (κ3) is 67.3. The molecular weight excluding hydrogens is 1230 g/mol. The first kappa shape index (κ1) is 92.1. The number of phosphoric ester groups is 2. The van der Waals surface area contributed by atoms with Gasteiger partial charge in [0, 0.05) is 25.7 Å². The van der Waals surface area contributed by atoms with Crippen molar-refractivity contribution in [2.24, 2.45) is 17.8 Å². The van der Waals surface area contributed by atoms with Gasteiger partial charge in [0.05, 0.1) is 26.4 Å². The zero-order chi connectivity index (χ0) is 69.4. The number of phosphoric acid groups is 2. The van der Waals surface area contributed by atoms with Crippen molar-refractivity contribution in [1.29, 1.82) is 0 Å². The molecule has 3 N–H and O–H groups in total. The number of hydrogen-bond acceptors (Lipinski definition) is 15. The van der Waals surface area contributed by atoms with E-state index in [0.29, 0.717) is 25.7 Å². The van der Waals surface area contributed by atoms with E-state index in [2.05, 4.69) is 48.5 Å². The van der Waals surface area contributed by atoms with Gasteiger partial charge in [-0.3, -0.25) is 37.3 Å². The number of aliphatic hydroxyl groups is 1. The fraction of sp³-hybridized carbons (Fsp3) is 0.947. The topological polar surface area (TPSA) is 237 Å². The average molecular weight is 1380 g/mol. The zero-order valence-electron chi connectivity index (χ0n) is 61.4. The molecular formula is C75H146O17P2. The molecule has 0 heterocycles. The Kier molecular flexibility index (Phi) is 64.3. The van der Waals surface area contributed by atoms with E-state index in [9.17, 15) is 43.2 Å². The Labute approximate surface area is 575 Å². The predicted octanol–water partition coefficient (Wildman–Crippen LogP) is 21.8. The van der Waals surface area contributed by atoms with Crippen LogP contribution in [-0.4, -0.2) is 96.7 Å². The maximum absolute atomic E-state index is 13.1. The van der Waals surface area contributed by atoms with E-state index in [4.69, 9.17) is 37.0 Å². The Morgan fingerprint density at radius 3 is 0.809 bits per heavy atom. The summed E-state index contributed by atoms with van der Waals surface area (Å²) < 4.78 is 68.4. The number of carbonyl (C=O) groups is 4. The number of aliphatic hydroxyl groups excluding tert-OH is 1. The van der Waals surface area contributed by atoms with E-state index < -0.39 is 97.5 Å². The molecule has 0 aliphatic rings. The van der Waals surface area contributed by atoms with E-state index >= 15 is 0 Å². The first-order valence-electron chi connectivity index (χ1n) is 38.9. The lowest BCUT2D eigenvalue weighted by atomic mass is 9.99. The monoisotopic (exact) mass is 1380 g/mol. The molecule has 0 rings (SSSR count). The minimum absolute atomic E-state index is 0.105. The molecule has 0 saturated heterocycles. The second-order valence-electron chi connectivity index (χ2n) is 28.2. The fourth-order valence-electron chi connectivity index (χ4n) is 11.4. The fourth-order valence-corrected chi connectivity index (χ4v) is 13.0. The largest absolute Gasteiger partial charge is 0.472 e. The van der Waals surface area contributed by atoms with Crippen molar-refractivity contribution in [2.45, 2.75) is 401 Å². The summed E-state index contributed by atoms with van der Waals surface area (Å²) in [6, 6.07) is 0. The normalized spacial score (nSPS) is 14.4. The van der Waals surface area contributed by atoms with Gasteiger partial charge in [0.25, 0.3) is 0 Å². The Hall–Kier alpha value is -1.94. The molecule has 0 radical (unpaired) electrons. The molecule has 6 atom stereocenters. The summed E-state index contributed by atoms with van der Waals surface area (Å²) >= 11 is 0. The van der Waals surface area contributed by atoms with Crippen molar-refractivity contribution in [3.63, 3.8) is 0 Å². The van der Waals surface area contributed by atoms with Crippen molar-refractivity contribution >= 4 is 39.5 Å². The number of hydrogen-bond donors (Lipinski definition) is 3. The van der Waals surface area contributed by atoms with Crippen molar-refractivity contribution in [3.05, 3.63) is 0 Å². The van der Waals surface area contributed by atoms with Gasteiger partial charge in [-0.05, 0) is 43.4 Å². The predicted molar refractivity (Wildman–Crippen MR) is 381 cm³/mol. The standard InChI is InChI=1S/C75H146O17P2/c1-8-10-11-12-13-35-42-49-56-72(77)85-62-70(92-75(80)59-52-45-38-31-30-34-41-48-55-68(7)9-2)64-89-93(81,82)87-60-69(76)61-88-94(83,84)90-65-71(63-86-73(78)57-50-43-36-28-25-24-27-33-40-47-54-67(5)6)91-74(79)58-51-44-37-29-23-21-19-17-15-14-16-18-20-22-26-32-39-46-53-66(3)4/h66-71,76H,8-65H2,1-7H3,(H,81,82)(H,83,84)/t68?,69-,70+,71+/m0/s1. The summed E-state index contributed by atoms with van der Waals surface area (Å²) in [5.74, 6) is 0.225. The molecule has 0 fully saturated rings. The van der Waals surface area contributed by atoms with Crippen LogP contribution in [0.4, 0.5) is 0 Å². The molecule has 0 bridgehead atoms. The van der Waals surface area contributed by atoms with Gasteiger partial charge in [-0.25, -0.2) is 9.13 Å². The highest BCUT2D eigenvalue weighted by Gasteiger charge is 2.30. The lowest BCUT2D eigenvalue weighted by Crippen LogP contribution is -2.30. The maximum Gasteiger partial charge on any atom is 0.472 e. The highest BCUT2D eigenvalue weighted by molar-refractivity contribution is 7.47. The van der Waals surface area contributed by atoms with Gasteiger partial charge in [-0.15, -0.1) is 0 Å². The van der Waals surface area contributed by atoms with Crippen molar-refractivity contribution < 1.29 is 80.2 Å². The molecule has 19 heteroatoms. The van der Waals surface area contributed by atoms with E-state index in [1.807, 2.05) is 0 Å². The summed E-state index contributed by atoms with van der Waals surface area (Å²) in [4.78, 5) is 72.6. The molecule has 0 aromatic rings. The second kappa shape index (κ2) is 65.7. The number of unbranched alkanes of at least 4 members (excludes halogenated alkanes) is 40. The lowest BCUT2D eigenvalue weighted by molar-refractivity contribution is -0.161. The third-order valence-electron chi connectivity index (χ3n) is 17.7. The van der Waals surface area contributed by atoms with Gasteiger partial charge < -0.3 is 33.8 Å². The molecule has 0 aromatic heterocycles. The second-order valence-corrected chi connectivity index (χ2v) is 31.1. The van der Waals surface area contributed by atoms with E-state index in [-0.39, 0.29) is 25.7 Å². The summed E-state index contributed by atoms with van der Waals surface area (Å²) in [7, 11) is -9.91. The molecule has 3 unspecified atom stereocenters. The van der Waals surface area contributed by atoms with E-state index in [1.54, 1.807) is 0 Å². The van der Waals surface area contributed by atoms with Crippen LogP contribution in [0.1, 0.15) is 382 Å². The van der Waals surface area contributed by atoms with Gasteiger partial charge in [0.15, 0.2) is 12.2 Å². The van der Waals surface area contributed by atoms with Crippen LogP contribution in [0.5, 0.6) is 0 Å². The van der Waals surface area contributed by atoms with E-state index in [1.165, 1.54) is 186 Å². The van der Waals surface area contributed by atoms with Crippen LogP contribution in [0.15, 0.2) is 0 Å². The highest BCUT2D eigenvalue weighted by Crippen LogP contribution is 2.45. The molecule has 0 aliphatic heterocycles. The van der Waals surface area contributed by atoms with Crippen molar-refractivity contribution in [3.8, 4) is 0 Å². The highest BCUT2D eigenvalue weighted by atomic mass is 31.2. The van der Waals surface area contributed by atoms with Crippen molar-refractivity contribution in [2.75, 3.05) is 39.6 Å². The van der Waals surface area contributed by atoms with Crippen LogP contribution in [0.3, 0.4) is 0 Å². The van der Waals surface area contributed by atoms with Gasteiger partial charge in [-0.2, -0.15) is 0 Å². The quantitative estimate of drug-likeness (QED) is 0.0222. The SMILES string of the molecule is CCCCCCCCCCC(=O)OC[C@H](COP(=O)(O)OC[C@H](O)COP(=O)(O)OC[C@@H](COC(=O)CCCCCCCCCCCCC(C)C)OC(=O)CCCCCCCCCCCCCCCCCCCCC(C)C)OC(=O)CCCCCCCCCCC(C)CC. The zero-order valence-corrected chi connectivity index (χ0v) is 63.2. The molecule has 0 saturated carbocycles. The Morgan fingerprint density at radius 1 is 0.309 bits per heavy atom. The molecule has 0 amide bonds. The van der Waals surface area contributed by atoms with Crippen LogP contribution < -0.4 is 0 Å². The van der Waals surface area contributed by atoms with Crippen LogP contribution >= 0.6 is 15.6 Å². The van der Waals surface area contributed by atoms with Crippen LogP contribution in [0.25, 0.3) is 0 Å². The van der Waals surface area contributed by atoms with Crippen molar-refractivity contribution in [1.82, 2.24) is 0 Å². The number of carbonyl (C=O) groups excluding carboxylic acids is 4. The first-order valence-corrected chi connectivity index (χ1v) is 41.9. The number of esters is 4. The minimum atomic E-state index is -4.96. The summed E-state index contributed by atoms with van der Waals surface area (Å²) in [6.07, 6.45) is 51.4. The smallest absolute Gasteiger partial charge is 0.462 e. The maximum atomic E-state index is 13.1. The molecule has 0 aromatic carbocycles. The number of ether oxygens (including phenoxy) is 4. The van der Waals surface area contributed by atoms with Gasteiger partial charge in [-0.1, -0.05) is 331 Å². The first-order chi connectivity index (χ1) is 45.3. The van der Waals surface area contributed by atoms with Gasteiger partial charge in [0.2, 0.25) is 0 Å². The molecule has 94 heavy (non-hydrogen) atoms. The molecule has 0 aliphatic carbocycles. The van der Waals surface area contributed by atoms with Crippen LogP contribution in [0.2, 0.25) is 0 Å². The van der Waals surface area contributed by atoms with Gasteiger partial charge >= 0.3 is 39.5 Å².